The Morgan fingerprint density at radius 2 is 0.780 bits per heavy atom. The highest BCUT2D eigenvalue weighted by Crippen LogP contribution is 2.67. The maximum absolute atomic E-state index is 12.5. The first-order valence-electron chi connectivity index (χ1n) is 35.0. The second kappa shape index (κ2) is 54.2. The molecular formula is C68H128N2O21. The van der Waals surface area contributed by atoms with E-state index in [1.165, 1.54) is 56.9 Å². The van der Waals surface area contributed by atoms with E-state index < -0.39 is 6.09 Å². The van der Waals surface area contributed by atoms with Gasteiger partial charge in [-0.15, -0.1) is 0 Å². The number of nitrogens with two attached hydrogens (primary N) is 1. The van der Waals surface area contributed by atoms with E-state index in [0.717, 1.165) is 54.8 Å². The number of carbonyl (C=O) groups is 1. The first-order valence-corrected chi connectivity index (χ1v) is 35.0. The van der Waals surface area contributed by atoms with Crippen molar-refractivity contribution in [1.29, 1.82) is 0 Å². The summed E-state index contributed by atoms with van der Waals surface area (Å²) in [7, 11) is 0. The zero-order valence-corrected chi connectivity index (χ0v) is 57.3. The molecule has 0 aliphatic heterocycles. The van der Waals surface area contributed by atoms with Crippen LogP contribution in [0.3, 0.4) is 0 Å². The molecule has 23 heteroatoms. The fourth-order valence-corrected chi connectivity index (χ4v) is 13.7. The maximum Gasteiger partial charge on any atom is 0.407 e. The van der Waals surface area contributed by atoms with Gasteiger partial charge in [-0.25, -0.2) is 4.79 Å². The Bertz CT molecular complexity index is 1730. The van der Waals surface area contributed by atoms with Crippen molar-refractivity contribution in [3.8, 4) is 0 Å². The molecule has 0 aromatic heterocycles. The van der Waals surface area contributed by atoms with Crippen LogP contribution in [0.4, 0.5) is 4.79 Å². The highest BCUT2D eigenvalue weighted by molar-refractivity contribution is 5.65. The lowest BCUT2D eigenvalue weighted by atomic mass is 9.46. The highest BCUT2D eigenvalue weighted by atomic mass is 16.6. The van der Waals surface area contributed by atoms with Crippen LogP contribution in [0.2, 0.25) is 0 Å². The zero-order chi connectivity index (χ0) is 65.0. The van der Waals surface area contributed by atoms with Crippen molar-refractivity contribution in [2.45, 2.75) is 111 Å². The van der Waals surface area contributed by atoms with E-state index in [9.17, 15) is 9.90 Å². The van der Waals surface area contributed by atoms with Crippen LogP contribution in [0.15, 0.2) is 11.6 Å². The average molecular weight is 1310 g/mol. The van der Waals surface area contributed by atoms with Crippen molar-refractivity contribution >= 4 is 6.09 Å². The molecule has 0 saturated heterocycles. The second-order valence-corrected chi connectivity index (χ2v) is 25.1. The topological polar surface area (TPSA) is 242 Å². The predicted molar refractivity (Wildman–Crippen MR) is 346 cm³/mol. The van der Waals surface area contributed by atoms with Gasteiger partial charge in [0.1, 0.15) is 0 Å². The first kappa shape index (κ1) is 81.6. The molecule has 0 radical (unpaired) electrons. The molecule has 3 saturated carbocycles. The molecule has 3 unspecified atom stereocenters. The smallest absolute Gasteiger partial charge is 0.407 e. The number of nitrogens with zero attached hydrogens (tertiary/aromatic N) is 1. The van der Waals surface area contributed by atoms with Gasteiger partial charge < -0.3 is 106 Å². The molecule has 536 valence electrons. The number of carboxylic acid groups (broad SMARTS) is 1. The molecule has 4 rings (SSSR count). The molecule has 0 bridgehead atoms. The standard InChI is InChI=1S/C68H128N2O21/c1-58(2)7-6-8-59(3)63-11-12-64-62-10-9-60-57-61(13-15-67(60,4)65(62)14-16-68(63,64)5)70(66(71)72)18-20-74-22-24-76-26-28-78-30-32-80-34-36-82-38-40-84-42-44-86-46-48-88-50-52-90-54-56-91-55-53-89-51-49-87-47-45-85-43-41-83-39-37-81-35-33-79-31-29-77-27-25-75-23-21-73-19-17-69/h9,58-59,61-65H,6-8,10-57,69H2,1-5H3,(H,71,72)/t59-,61+,62?,63-,64?,65?,67+,68-/m1/s1. The molecule has 23 nitrogen and oxygen atoms in total. The summed E-state index contributed by atoms with van der Waals surface area (Å²) in [6, 6.07) is 0.00689. The van der Waals surface area contributed by atoms with Crippen LogP contribution in [0, 0.1) is 46.3 Å². The van der Waals surface area contributed by atoms with Crippen LogP contribution in [-0.4, -0.2) is 286 Å². The molecule has 3 fully saturated rings. The van der Waals surface area contributed by atoms with Crippen LogP contribution >= 0.6 is 0 Å². The van der Waals surface area contributed by atoms with Crippen molar-refractivity contribution in [2.75, 3.05) is 264 Å². The fraction of sp³-hybridized carbons (Fsp3) is 0.956. The van der Waals surface area contributed by atoms with E-state index in [4.69, 9.17) is 95.7 Å². The highest BCUT2D eigenvalue weighted by Gasteiger charge is 2.59. The lowest BCUT2D eigenvalue weighted by Gasteiger charge is -2.59. The Kier molecular flexibility index (Phi) is 48.7. The summed E-state index contributed by atoms with van der Waals surface area (Å²) in [4.78, 5) is 14.2. The van der Waals surface area contributed by atoms with Crippen molar-refractivity contribution in [2.24, 2.45) is 52.1 Å². The summed E-state index contributed by atoms with van der Waals surface area (Å²) >= 11 is 0. The molecule has 1 amide bonds. The second-order valence-electron chi connectivity index (χ2n) is 25.1. The third-order valence-electron chi connectivity index (χ3n) is 18.4. The minimum Gasteiger partial charge on any atom is -0.465 e. The summed E-state index contributed by atoms with van der Waals surface area (Å²) in [5, 5.41) is 10.3. The Hall–Kier alpha value is -1.79. The third-order valence-corrected chi connectivity index (χ3v) is 18.4. The molecule has 0 heterocycles. The number of amides is 1. The molecule has 0 aromatic rings. The predicted octanol–water partition coefficient (Wildman–Crippen LogP) is 7.65. The molecule has 3 N–H and O–H groups in total. The number of hydrogen-bond donors (Lipinski definition) is 2. The maximum atomic E-state index is 12.5. The van der Waals surface area contributed by atoms with E-state index in [1.54, 1.807) is 4.90 Å². The van der Waals surface area contributed by atoms with Gasteiger partial charge in [0, 0.05) is 19.1 Å². The Balaban J connectivity index is 0.783. The van der Waals surface area contributed by atoms with Crippen LogP contribution in [0.5, 0.6) is 0 Å². The number of hydrogen-bond acceptors (Lipinski definition) is 21. The lowest BCUT2D eigenvalue weighted by molar-refractivity contribution is -0.0547. The van der Waals surface area contributed by atoms with Crippen LogP contribution < -0.4 is 5.73 Å². The van der Waals surface area contributed by atoms with Crippen molar-refractivity contribution in [3.05, 3.63) is 11.6 Å². The number of allylic oxidation sites excluding steroid dienone is 1. The summed E-state index contributed by atoms with van der Waals surface area (Å²) in [5.74, 6) is 4.80. The first-order chi connectivity index (χ1) is 44.6. The van der Waals surface area contributed by atoms with Crippen molar-refractivity contribution in [1.82, 2.24) is 4.90 Å². The molecule has 91 heavy (non-hydrogen) atoms. The van der Waals surface area contributed by atoms with Gasteiger partial charge in [-0.05, 0) is 97.7 Å². The van der Waals surface area contributed by atoms with Gasteiger partial charge in [0.05, 0.1) is 251 Å². The van der Waals surface area contributed by atoms with E-state index in [-0.39, 0.29) is 11.5 Å². The minimum absolute atomic E-state index is 0.00689. The number of rotatable bonds is 65. The van der Waals surface area contributed by atoms with Crippen LogP contribution in [0.1, 0.15) is 105 Å². The average Bonchev–Trinajstić information content (AvgIpc) is 1.71. The van der Waals surface area contributed by atoms with Gasteiger partial charge in [0.15, 0.2) is 0 Å². The SMILES string of the molecule is CC(C)CCC[C@@H](C)[C@H]1CCC2C3CC=C4C[C@@H](N(CCOCCOCCOCCOCCOCCOCCOCCOCCOCCOCCOCCOCCOCCOCCOCCOCCOCCOCCOCCN)C(=O)O)CC[C@]4(C)C3CC[C@@]21C. The quantitative estimate of drug-likeness (QED) is 0.0439. The van der Waals surface area contributed by atoms with Crippen LogP contribution in [0.25, 0.3) is 0 Å². The number of fused-ring (bicyclic) bond motifs is 5. The molecule has 8 atom stereocenters. The Morgan fingerprint density at radius 1 is 0.451 bits per heavy atom. The van der Waals surface area contributed by atoms with Crippen molar-refractivity contribution in [3.63, 3.8) is 0 Å². The largest absolute Gasteiger partial charge is 0.465 e. The fourth-order valence-electron chi connectivity index (χ4n) is 13.7. The monoisotopic (exact) mass is 1310 g/mol. The van der Waals surface area contributed by atoms with E-state index >= 15 is 0 Å². The van der Waals surface area contributed by atoms with Gasteiger partial charge >= 0.3 is 6.09 Å². The summed E-state index contributed by atoms with van der Waals surface area (Å²) in [6.07, 6.45) is 15.3. The number of ether oxygens (including phenoxy) is 19. The van der Waals surface area contributed by atoms with E-state index in [0.29, 0.717) is 270 Å². The van der Waals surface area contributed by atoms with E-state index in [1.807, 2.05) is 0 Å². The van der Waals surface area contributed by atoms with Gasteiger partial charge in [-0.3, -0.25) is 0 Å². The summed E-state index contributed by atoms with van der Waals surface area (Å²) in [5.41, 5.74) is 7.55. The molecule has 0 aromatic carbocycles. The minimum atomic E-state index is -0.847. The van der Waals surface area contributed by atoms with Crippen LogP contribution in [-0.2, 0) is 90.0 Å². The van der Waals surface area contributed by atoms with Gasteiger partial charge in [0.25, 0.3) is 0 Å². The normalized spacial score (nSPS) is 22.5. The Morgan fingerprint density at radius 3 is 1.10 bits per heavy atom. The van der Waals surface area contributed by atoms with E-state index in [2.05, 4.69) is 40.7 Å². The summed E-state index contributed by atoms with van der Waals surface area (Å²) < 4.78 is 105. The van der Waals surface area contributed by atoms with Gasteiger partial charge in [0.2, 0.25) is 0 Å². The molecule has 0 spiro atoms. The molecular weight excluding hydrogens is 1180 g/mol. The van der Waals surface area contributed by atoms with Crippen molar-refractivity contribution < 1.29 is 99.9 Å². The van der Waals surface area contributed by atoms with Gasteiger partial charge in [-0.2, -0.15) is 0 Å². The third kappa shape index (κ3) is 36.4. The Labute approximate surface area is 548 Å². The lowest BCUT2D eigenvalue weighted by Crippen LogP contribution is -2.53. The zero-order valence-electron chi connectivity index (χ0n) is 57.3. The summed E-state index contributed by atoms with van der Waals surface area (Å²) in [6.45, 7) is 31.8. The van der Waals surface area contributed by atoms with Gasteiger partial charge in [-0.1, -0.05) is 65.5 Å². The molecule has 4 aliphatic carbocycles. The molecule has 4 aliphatic rings.